The minimum atomic E-state index is -1.06. The maximum atomic E-state index is 10.4. The Morgan fingerprint density at radius 3 is 1.32 bits per heavy atom. The van der Waals surface area contributed by atoms with Gasteiger partial charge in [-0.15, -0.1) is 0 Å². The van der Waals surface area contributed by atoms with Gasteiger partial charge in [-0.1, -0.05) is 27.7 Å². The molecular formula is C16H30O6. The molecule has 2 aliphatic heterocycles. The predicted octanol–water partition coefficient (Wildman–Crippen LogP) is 1.57. The zero-order valence-electron chi connectivity index (χ0n) is 14.1. The standard InChI is InChI=1S/C16H30O6/c1-5-15(6-2)19-9-11(21-15)13(17)14(18)12-10-20-16(7-3,8-4)22-12/h11-14,17-18H,5-10H2,1-4H3/t11-,12-,13-,14-/m1/s1. The number of aliphatic hydroxyl groups excluding tert-OH is 2. The van der Waals surface area contributed by atoms with Gasteiger partial charge in [0.05, 0.1) is 13.2 Å². The summed E-state index contributed by atoms with van der Waals surface area (Å²) in [6, 6.07) is 0. The van der Waals surface area contributed by atoms with Crippen molar-refractivity contribution in [2.75, 3.05) is 13.2 Å². The summed E-state index contributed by atoms with van der Waals surface area (Å²) in [5.74, 6) is -1.29. The SMILES string of the molecule is CCC1(CC)OC[C@H]([C@@H](O)[C@H](O)[C@H]2COC(CC)(CC)O2)O1. The lowest BCUT2D eigenvalue weighted by molar-refractivity contribution is -0.206. The highest BCUT2D eigenvalue weighted by Gasteiger charge is 2.48. The fourth-order valence-corrected chi connectivity index (χ4v) is 3.17. The highest BCUT2D eigenvalue weighted by Crippen LogP contribution is 2.35. The molecule has 0 amide bonds. The van der Waals surface area contributed by atoms with Gasteiger partial charge in [0.2, 0.25) is 0 Å². The van der Waals surface area contributed by atoms with Gasteiger partial charge in [0, 0.05) is 0 Å². The van der Waals surface area contributed by atoms with Crippen LogP contribution < -0.4 is 0 Å². The Labute approximate surface area is 132 Å². The summed E-state index contributed by atoms with van der Waals surface area (Å²) in [5, 5.41) is 20.9. The molecule has 6 heteroatoms. The molecule has 0 unspecified atom stereocenters. The van der Waals surface area contributed by atoms with Gasteiger partial charge in [-0.25, -0.2) is 0 Å². The lowest BCUT2D eigenvalue weighted by Crippen LogP contribution is -2.47. The van der Waals surface area contributed by atoms with Crippen LogP contribution >= 0.6 is 0 Å². The Hall–Kier alpha value is -0.240. The molecule has 0 aromatic heterocycles. The van der Waals surface area contributed by atoms with Gasteiger partial charge in [-0.3, -0.25) is 0 Å². The number of rotatable bonds is 7. The normalized spacial score (nSPS) is 33.0. The molecule has 2 heterocycles. The fourth-order valence-electron chi connectivity index (χ4n) is 3.17. The monoisotopic (exact) mass is 318 g/mol. The van der Waals surface area contributed by atoms with Crippen molar-refractivity contribution in [2.24, 2.45) is 0 Å². The van der Waals surface area contributed by atoms with Crippen LogP contribution in [0.25, 0.3) is 0 Å². The maximum absolute atomic E-state index is 10.4. The molecule has 0 bridgehead atoms. The van der Waals surface area contributed by atoms with Crippen molar-refractivity contribution in [3.8, 4) is 0 Å². The molecule has 0 aliphatic carbocycles. The number of ether oxygens (including phenoxy) is 4. The topological polar surface area (TPSA) is 77.4 Å². The van der Waals surface area contributed by atoms with Gasteiger partial charge in [0.25, 0.3) is 0 Å². The molecule has 2 N–H and O–H groups in total. The molecule has 6 nitrogen and oxygen atoms in total. The first kappa shape index (κ1) is 18.1. The Bertz CT molecular complexity index is 319. The Morgan fingerprint density at radius 1 is 0.773 bits per heavy atom. The van der Waals surface area contributed by atoms with Crippen molar-refractivity contribution in [1.82, 2.24) is 0 Å². The van der Waals surface area contributed by atoms with Gasteiger partial charge >= 0.3 is 0 Å². The van der Waals surface area contributed by atoms with Crippen LogP contribution in [-0.4, -0.2) is 59.4 Å². The summed E-state index contributed by atoms with van der Waals surface area (Å²) in [6.07, 6.45) is -0.368. The van der Waals surface area contributed by atoms with E-state index < -0.39 is 36.0 Å². The molecule has 0 spiro atoms. The highest BCUT2D eigenvalue weighted by atomic mass is 16.8. The summed E-state index contributed by atoms with van der Waals surface area (Å²) in [7, 11) is 0. The van der Waals surface area contributed by atoms with Crippen LogP contribution in [0.3, 0.4) is 0 Å². The summed E-state index contributed by atoms with van der Waals surface area (Å²) < 4.78 is 23.1. The lowest BCUT2D eigenvalue weighted by Gasteiger charge is -2.30. The van der Waals surface area contributed by atoms with E-state index in [0.29, 0.717) is 25.7 Å². The molecule has 0 aromatic rings. The van der Waals surface area contributed by atoms with Gasteiger partial charge in [0.1, 0.15) is 24.4 Å². The second-order valence-corrected chi connectivity index (χ2v) is 6.15. The van der Waals surface area contributed by atoms with Crippen molar-refractivity contribution >= 4 is 0 Å². The smallest absolute Gasteiger partial charge is 0.168 e. The first-order valence-electron chi connectivity index (χ1n) is 8.44. The third-order valence-corrected chi connectivity index (χ3v) is 5.02. The van der Waals surface area contributed by atoms with E-state index in [4.69, 9.17) is 18.9 Å². The van der Waals surface area contributed by atoms with E-state index >= 15 is 0 Å². The van der Waals surface area contributed by atoms with Crippen LogP contribution in [0.1, 0.15) is 53.4 Å². The average Bonchev–Trinajstić information content (AvgIpc) is 3.19. The molecule has 2 aliphatic rings. The van der Waals surface area contributed by atoms with Crippen LogP contribution in [0.5, 0.6) is 0 Å². The second-order valence-electron chi connectivity index (χ2n) is 6.15. The van der Waals surface area contributed by atoms with E-state index in [1.807, 2.05) is 27.7 Å². The van der Waals surface area contributed by atoms with Crippen molar-refractivity contribution in [2.45, 2.75) is 89.4 Å². The molecule has 4 atom stereocenters. The third kappa shape index (κ3) is 3.32. The Kier molecular flexibility index (Phi) is 5.85. The van der Waals surface area contributed by atoms with Crippen molar-refractivity contribution < 1.29 is 29.2 Å². The first-order valence-corrected chi connectivity index (χ1v) is 8.44. The molecule has 0 aromatic carbocycles. The predicted molar refractivity (Wildman–Crippen MR) is 80.3 cm³/mol. The zero-order valence-corrected chi connectivity index (χ0v) is 14.1. The minimum Gasteiger partial charge on any atom is -0.387 e. The van der Waals surface area contributed by atoms with Crippen LogP contribution in [-0.2, 0) is 18.9 Å². The Morgan fingerprint density at radius 2 is 1.09 bits per heavy atom. The molecule has 0 radical (unpaired) electrons. The second kappa shape index (κ2) is 7.11. The van der Waals surface area contributed by atoms with E-state index in [2.05, 4.69) is 0 Å². The van der Waals surface area contributed by atoms with E-state index in [0.717, 1.165) is 0 Å². The number of hydrogen-bond donors (Lipinski definition) is 2. The average molecular weight is 318 g/mol. The fraction of sp³-hybridized carbons (Fsp3) is 1.00. The van der Waals surface area contributed by atoms with Gasteiger partial charge in [0.15, 0.2) is 11.6 Å². The third-order valence-electron chi connectivity index (χ3n) is 5.02. The summed E-state index contributed by atoms with van der Waals surface area (Å²) in [5.41, 5.74) is 0. The van der Waals surface area contributed by atoms with Crippen LogP contribution in [0.15, 0.2) is 0 Å². The highest BCUT2D eigenvalue weighted by molar-refractivity contribution is 4.91. The first-order chi connectivity index (χ1) is 10.4. The van der Waals surface area contributed by atoms with Crippen LogP contribution in [0, 0.1) is 0 Å². The summed E-state index contributed by atoms with van der Waals surface area (Å²) in [6.45, 7) is 8.50. The lowest BCUT2D eigenvalue weighted by atomic mass is 10.0. The van der Waals surface area contributed by atoms with Gasteiger partial charge in [-0.05, 0) is 25.7 Å². The Balaban J connectivity index is 1.95. The molecular weight excluding hydrogens is 288 g/mol. The largest absolute Gasteiger partial charge is 0.387 e. The van der Waals surface area contributed by atoms with Crippen LogP contribution in [0.4, 0.5) is 0 Å². The molecule has 2 fully saturated rings. The van der Waals surface area contributed by atoms with Crippen molar-refractivity contribution in [3.05, 3.63) is 0 Å². The molecule has 2 rings (SSSR count). The van der Waals surface area contributed by atoms with Gasteiger partial charge < -0.3 is 29.2 Å². The van der Waals surface area contributed by atoms with E-state index in [1.54, 1.807) is 0 Å². The van der Waals surface area contributed by atoms with E-state index in [9.17, 15) is 10.2 Å². The van der Waals surface area contributed by atoms with E-state index in [-0.39, 0.29) is 13.2 Å². The van der Waals surface area contributed by atoms with Crippen LogP contribution in [0.2, 0.25) is 0 Å². The molecule has 0 saturated carbocycles. The summed E-state index contributed by atoms with van der Waals surface area (Å²) in [4.78, 5) is 0. The van der Waals surface area contributed by atoms with Crippen molar-refractivity contribution in [3.63, 3.8) is 0 Å². The quantitative estimate of drug-likeness (QED) is 0.742. The zero-order chi connectivity index (χ0) is 16.4. The number of aliphatic hydroxyl groups is 2. The molecule has 130 valence electrons. The van der Waals surface area contributed by atoms with E-state index in [1.165, 1.54) is 0 Å². The number of hydrogen-bond acceptors (Lipinski definition) is 6. The summed E-state index contributed by atoms with van der Waals surface area (Å²) >= 11 is 0. The maximum Gasteiger partial charge on any atom is 0.168 e. The minimum absolute atomic E-state index is 0.278. The molecule has 2 saturated heterocycles. The van der Waals surface area contributed by atoms with Gasteiger partial charge in [-0.2, -0.15) is 0 Å². The van der Waals surface area contributed by atoms with Crippen molar-refractivity contribution in [1.29, 1.82) is 0 Å². The molecule has 22 heavy (non-hydrogen) atoms.